The maximum atomic E-state index is 12.1. The molecule has 1 aromatic heterocycles. The van der Waals surface area contributed by atoms with Crippen LogP contribution in [-0.4, -0.2) is 42.1 Å². The fraction of sp³-hybridized carbons (Fsp3) is 0.474. The predicted molar refractivity (Wildman–Crippen MR) is 97.1 cm³/mol. The molecule has 0 saturated carbocycles. The first kappa shape index (κ1) is 19.0. The number of ether oxygens (including phenoxy) is 2. The van der Waals surface area contributed by atoms with Gasteiger partial charge in [0.1, 0.15) is 18.1 Å². The number of carbonyl (C=O) groups excluding carboxylic acids is 1. The van der Waals surface area contributed by atoms with E-state index >= 15 is 0 Å². The van der Waals surface area contributed by atoms with Crippen LogP contribution in [-0.2, 0) is 18.2 Å². The van der Waals surface area contributed by atoms with Gasteiger partial charge in [-0.3, -0.25) is 9.48 Å². The molecule has 0 fully saturated rings. The quantitative estimate of drug-likeness (QED) is 0.709. The Labute approximate surface area is 149 Å². The molecule has 1 N–H and O–H groups in total. The van der Waals surface area contributed by atoms with E-state index in [0.29, 0.717) is 18.8 Å². The van der Waals surface area contributed by atoms with Crippen molar-refractivity contribution < 1.29 is 14.3 Å². The van der Waals surface area contributed by atoms with Gasteiger partial charge in [-0.1, -0.05) is 12.1 Å². The molecule has 25 heavy (non-hydrogen) atoms. The van der Waals surface area contributed by atoms with Crippen LogP contribution in [0.15, 0.2) is 24.3 Å². The van der Waals surface area contributed by atoms with E-state index in [4.69, 9.17) is 9.47 Å². The average Bonchev–Trinajstić information content (AvgIpc) is 2.91. The van der Waals surface area contributed by atoms with Crippen LogP contribution in [0.3, 0.4) is 0 Å². The van der Waals surface area contributed by atoms with Gasteiger partial charge in [-0.05, 0) is 50.5 Å². The number of hydrogen-bond donors (Lipinski definition) is 1. The normalized spacial score (nSPS) is 10.7. The first-order valence-corrected chi connectivity index (χ1v) is 8.60. The van der Waals surface area contributed by atoms with Crippen LogP contribution >= 0.6 is 0 Å². The Morgan fingerprint density at radius 3 is 2.68 bits per heavy atom. The topological polar surface area (TPSA) is 65.4 Å². The largest absolute Gasteiger partial charge is 0.491 e. The number of aromatic nitrogens is 2. The number of hydrogen-bond acceptors (Lipinski definition) is 4. The number of amides is 1. The van der Waals surface area contributed by atoms with Gasteiger partial charge in [0.25, 0.3) is 5.91 Å². The van der Waals surface area contributed by atoms with E-state index in [1.165, 1.54) is 5.56 Å². The lowest BCUT2D eigenvalue weighted by molar-refractivity contribution is 0.0937. The van der Waals surface area contributed by atoms with Crippen molar-refractivity contribution in [3.63, 3.8) is 0 Å². The molecule has 6 heteroatoms. The summed E-state index contributed by atoms with van der Waals surface area (Å²) in [5, 5.41) is 7.02. The van der Waals surface area contributed by atoms with Gasteiger partial charge < -0.3 is 14.8 Å². The van der Waals surface area contributed by atoms with Crippen molar-refractivity contribution >= 4 is 5.91 Å². The zero-order chi connectivity index (χ0) is 18.2. The first-order valence-electron chi connectivity index (χ1n) is 8.60. The minimum atomic E-state index is -0.144. The van der Waals surface area contributed by atoms with Crippen LogP contribution < -0.4 is 10.1 Å². The SMILES string of the molecule is CCOCCc1ccc(OCCNC(=O)c2cc(C)nn2C)c(C)c1. The summed E-state index contributed by atoms with van der Waals surface area (Å²) in [5.41, 5.74) is 3.69. The molecule has 136 valence electrons. The lowest BCUT2D eigenvalue weighted by Crippen LogP contribution is -2.29. The van der Waals surface area contributed by atoms with E-state index in [1.54, 1.807) is 17.8 Å². The first-order chi connectivity index (χ1) is 12.0. The van der Waals surface area contributed by atoms with Crippen molar-refractivity contribution in [1.82, 2.24) is 15.1 Å². The lowest BCUT2D eigenvalue weighted by atomic mass is 10.1. The maximum Gasteiger partial charge on any atom is 0.269 e. The summed E-state index contributed by atoms with van der Waals surface area (Å²) >= 11 is 0. The summed E-state index contributed by atoms with van der Waals surface area (Å²) in [7, 11) is 1.76. The van der Waals surface area contributed by atoms with Gasteiger partial charge in [0.15, 0.2) is 0 Å². The number of nitrogens with zero attached hydrogens (tertiary/aromatic N) is 2. The second kappa shape index (κ2) is 9.22. The van der Waals surface area contributed by atoms with Crippen molar-refractivity contribution in [2.45, 2.75) is 27.2 Å². The maximum absolute atomic E-state index is 12.1. The molecule has 6 nitrogen and oxygen atoms in total. The van der Waals surface area contributed by atoms with Gasteiger partial charge in [0.05, 0.1) is 18.8 Å². The van der Waals surface area contributed by atoms with Gasteiger partial charge >= 0.3 is 0 Å². The molecule has 0 aliphatic rings. The van der Waals surface area contributed by atoms with Gasteiger partial charge in [-0.15, -0.1) is 0 Å². The fourth-order valence-electron chi connectivity index (χ4n) is 2.60. The molecule has 0 aliphatic heterocycles. The number of carbonyl (C=O) groups is 1. The van der Waals surface area contributed by atoms with Crippen molar-refractivity contribution in [3.05, 3.63) is 46.8 Å². The number of benzene rings is 1. The number of aryl methyl sites for hydroxylation is 3. The predicted octanol–water partition coefficient (Wildman–Crippen LogP) is 2.42. The molecule has 0 bridgehead atoms. The number of rotatable bonds is 9. The lowest BCUT2D eigenvalue weighted by Gasteiger charge is -2.11. The molecule has 0 spiro atoms. The molecule has 2 aromatic rings. The summed E-state index contributed by atoms with van der Waals surface area (Å²) in [6.07, 6.45) is 0.898. The number of nitrogens with one attached hydrogen (secondary N) is 1. The third kappa shape index (κ3) is 5.60. The van der Waals surface area contributed by atoms with Gasteiger partial charge in [-0.2, -0.15) is 5.10 Å². The summed E-state index contributed by atoms with van der Waals surface area (Å²) in [4.78, 5) is 12.1. The average molecular weight is 345 g/mol. The van der Waals surface area contributed by atoms with Gasteiger partial charge in [0, 0.05) is 13.7 Å². The summed E-state index contributed by atoms with van der Waals surface area (Å²) in [6, 6.07) is 7.91. The third-order valence-electron chi connectivity index (χ3n) is 3.86. The van der Waals surface area contributed by atoms with Crippen LogP contribution in [0.4, 0.5) is 0 Å². The molecule has 0 saturated heterocycles. The molecule has 1 heterocycles. The van der Waals surface area contributed by atoms with E-state index in [2.05, 4.69) is 22.5 Å². The minimum absolute atomic E-state index is 0.144. The van der Waals surface area contributed by atoms with E-state index in [0.717, 1.165) is 36.6 Å². The van der Waals surface area contributed by atoms with E-state index in [9.17, 15) is 4.79 Å². The highest BCUT2D eigenvalue weighted by Crippen LogP contribution is 2.19. The zero-order valence-electron chi connectivity index (χ0n) is 15.5. The summed E-state index contributed by atoms with van der Waals surface area (Å²) in [6.45, 7) is 8.21. The van der Waals surface area contributed by atoms with Crippen molar-refractivity contribution in [1.29, 1.82) is 0 Å². The molecular formula is C19H27N3O3. The zero-order valence-corrected chi connectivity index (χ0v) is 15.5. The summed E-state index contributed by atoms with van der Waals surface area (Å²) < 4.78 is 12.7. The van der Waals surface area contributed by atoms with Crippen LogP contribution in [0.5, 0.6) is 5.75 Å². The highest BCUT2D eigenvalue weighted by molar-refractivity contribution is 5.92. The van der Waals surface area contributed by atoms with E-state index in [-0.39, 0.29) is 5.91 Å². The Morgan fingerprint density at radius 2 is 2.04 bits per heavy atom. The Bertz CT molecular complexity index is 710. The molecular weight excluding hydrogens is 318 g/mol. The smallest absolute Gasteiger partial charge is 0.269 e. The van der Waals surface area contributed by atoms with Crippen LogP contribution in [0, 0.1) is 13.8 Å². The standard InChI is InChI=1S/C19H27N3O3/c1-5-24-10-8-16-6-7-18(14(2)12-16)25-11-9-20-19(23)17-13-15(3)21-22(17)4/h6-7,12-13H,5,8-11H2,1-4H3,(H,20,23). The summed E-state index contributed by atoms with van der Waals surface area (Å²) in [5.74, 6) is 0.695. The molecule has 2 rings (SSSR count). The van der Waals surface area contributed by atoms with Crippen molar-refractivity contribution in [2.75, 3.05) is 26.4 Å². The highest BCUT2D eigenvalue weighted by Gasteiger charge is 2.11. The van der Waals surface area contributed by atoms with E-state index in [1.807, 2.05) is 26.8 Å². The highest BCUT2D eigenvalue weighted by atomic mass is 16.5. The fourth-order valence-corrected chi connectivity index (χ4v) is 2.60. The molecule has 1 amide bonds. The van der Waals surface area contributed by atoms with Crippen LogP contribution in [0.2, 0.25) is 0 Å². The molecule has 1 aromatic carbocycles. The van der Waals surface area contributed by atoms with Crippen molar-refractivity contribution in [2.24, 2.45) is 7.05 Å². The second-order valence-corrected chi connectivity index (χ2v) is 5.95. The van der Waals surface area contributed by atoms with Gasteiger partial charge in [-0.25, -0.2) is 0 Å². The molecule has 0 radical (unpaired) electrons. The van der Waals surface area contributed by atoms with Gasteiger partial charge in [0.2, 0.25) is 0 Å². The van der Waals surface area contributed by atoms with Crippen molar-refractivity contribution in [3.8, 4) is 5.75 Å². The molecule has 0 aliphatic carbocycles. The van der Waals surface area contributed by atoms with E-state index < -0.39 is 0 Å². The minimum Gasteiger partial charge on any atom is -0.491 e. The Hall–Kier alpha value is -2.34. The Morgan fingerprint density at radius 1 is 1.24 bits per heavy atom. The van der Waals surface area contributed by atoms with Crippen LogP contribution in [0.25, 0.3) is 0 Å². The Kier molecular flexibility index (Phi) is 7.01. The van der Waals surface area contributed by atoms with Crippen LogP contribution in [0.1, 0.15) is 34.2 Å². The second-order valence-electron chi connectivity index (χ2n) is 5.95. The molecule has 0 unspecified atom stereocenters. The Balaban J connectivity index is 1.77. The molecule has 0 atom stereocenters. The third-order valence-corrected chi connectivity index (χ3v) is 3.86. The monoisotopic (exact) mass is 345 g/mol.